The van der Waals surface area contributed by atoms with Crippen LogP contribution in [0.3, 0.4) is 0 Å². The largest absolute Gasteiger partial charge is 0.480 e. The summed E-state index contributed by atoms with van der Waals surface area (Å²) in [5.74, 6) is -4.60. The van der Waals surface area contributed by atoms with E-state index in [9.17, 15) is 24.0 Å². The summed E-state index contributed by atoms with van der Waals surface area (Å²) in [6, 6.07) is -4.71. The van der Waals surface area contributed by atoms with Gasteiger partial charge in [-0.15, -0.1) is 0 Å². The van der Waals surface area contributed by atoms with Gasteiger partial charge in [0.2, 0.25) is 23.6 Å². The molecule has 0 spiro atoms. The van der Waals surface area contributed by atoms with Gasteiger partial charge in [0.05, 0.1) is 12.5 Å². The van der Waals surface area contributed by atoms with Gasteiger partial charge in [-0.1, -0.05) is 13.8 Å². The molecule has 11 nitrogen and oxygen atoms in total. The van der Waals surface area contributed by atoms with Gasteiger partial charge in [-0.05, 0) is 12.3 Å². The van der Waals surface area contributed by atoms with E-state index in [1.807, 2.05) is 13.8 Å². The standard InChI is InChI=1S/C16H29N5O6S2/c1-7(2)3-9(19-13(23)8(17)5-28)14(24)20-10(4-12(18)22)15(25)21-11(6-29)16(26)27/h7-11,28-29H,3-6,17H2,1-2H3,(H2,18,22)(H,19,23)(H,20,24)(H,21,25)(H,26,27). The predicted octanol–water partition coefficient (Wildman–Crippen LogP) is -2.37. The minimum absolute atomic E-state index is 0.00210. The number of primary amides is 1. The number of nitrogens with one attached hydrogen (secondary N) is 3. The van der Waals surface area contributed by atoms with Crippen molar-refractivity contribution in [3.63, 3.8) is 0 Å². The fourth-order valence-electron chi connectivity index (χ4n) is 2.21. The highest BCUT2D eigenvalue weighted by atomic mass is 32.1. The number of carboxylic acid groups (broad SMARTS) is 1. The molecular formula is C16H29N5O6S2. The van der Waals surface area contributed by atoms with Crippen molar-refractivity contribution in [1.29, 1.82) is 0 Å². The van der Waals surface area contributed by atoms with Crippen molar-refractivity contribution in [2.24, 2.45) is 17.4 Å². The van der Waals surface area contributed by atoms with E-state index in [1.54, 1.807) is 0 Å². The van der Waals surface area contributed by atoms with Crippen LogP contribution in [0.2, 0.25) is 0 Å². The molecule has 0 heterocycles. The Kier molecular flexibility index (Phi) is 12.4. The molecule has 4 amide bonds. The molecule has 0 saturated carbocycles. The topological polar surface area (TPSA) is 194 Å². The minimum atomic E-state index is -1.42. The third-order valence-corrected chi connectivity index (χ3v) is 4.47. The van der Waals surface area contributed by atoms with Crippen LogP contribution in [0.5, 0.6) is 0 Å². The highest BCUT2D eigenvalue weighted by Gasteiger charge is 2.31. The summed E-state index contributed by atoms with van der Waals surface area (Å²) in [7, 11) is 0. The highest BCUT2D eigenvalue weighted by molar-refractivity contribution is 7.80. The second-order valence-corrected chi connectivity index (χ2v) is 7.52. The number of carboxylic acids is 1. The van der Waals surface area contributed by atoms with E-state index < -0.39 is 60.2 Å². The zero-order valence-corrected chi connectivity index (χ0v) is 18.0. The van der Waals surface area contributed by atoms with E-state index in [2.05, 4.69) is 41.2 Å². The zero-order chi connectivity index (χ0) is 22.7. The summed E-state index contributed by atoms with van der Waals surface area (Å²) in [4.78, 5) is 59.4. The van der Waals surface area contributed by atoms with Crippen molar-refractivity contribution in [1.82, 2.24) is 16.0 Å². The minimum Gasteiger partial charge on any atom is -0.480 e. The quantitative estimate of drug-likeness (QED) is 0.143. The molecule has 4 unspecified atom stereocenters. The SMILES string of the molecule is CC(C)CC(NC(=O)C(N)CS)C(=O)NC(CC(N)=O)C(=O)NC(CS)C(=O)O. The van der Waals surface area contributed by atoms with E-state index in [0.717, 1.165) is 0 Å². The maximum atomic E-state index is 12.7. The first kappa shape index (κ1) is 27.0. The first-order valence-corrected chi connectivity index (χ1v) is 10.1. The van der Waals surface area contributed by atoms with Gasteiger partial charge < -0.3 is 32.5 Å². The number of carbonyl (C=O) groups is 5. The van der Waals surface area contributed by atoms with Crippen LogP contribution in [0.25, 0.3) is 0 Å². The van der Waals surface area contributed by atoms with E-state index >= 15 is 0 Å². The smallest absolute Gasteiger partial charge is 0.327 e. The average Bonchev–Trinajstić information content (AvgIpc) is 2.62. The number of carbonyl (C=O) groups excluding carboxylic acids is 4. The number of thiol groups is 2. The van der Waals surface area contributed by atoms with E-state index in [-0.39, 0.29) is 23.8 Å². The molecular weight excluding hydrogens is 422 g/mol. The second-order valence-electron chi connectivity index (χ2n) is 6.79. The Hall–Kier alpha value is -1.99. The highest BCUT2D eigenvalue weighted by Crippen LogP contribution is 2.07. The number of hydrogen-bond donors (Lipinski definition) is 8. The van der Waals surface area contributed by atoms with Crippen LogP contribution in [0, 0.1) is 5.92 Å². The Labute approximate surface area is 179 Å². The summed E-state index contributed by atoms with van der Waals surface area (Å²) in [6.45, 7) is 3.64. The van der Waals surface area contributed by atoms with Gasteiger partial charge in [-0.2, -0.15) is 25.3 Å². The Morgan fingerprint density at radius 1 is 0.862 bits per heavy atom. The molecule has 0 rings (SSSR count). The normalized spacial score (nSPS) is 15.0. The maximum Gasteiger partial charge on any atom is 0.327 e. The molecule has 0 aliphatic heterocycles. The molecule has 0 aromatic heterocycles. The van der Waals surface area contributed by atoms with Gasteiger partial charge in [0.1, 0.15) is 18.1 Å². The second kappa shape index (κ2) is 13.3. The molecule has 0 aliphatic carbocycles. The molecule has 0 aliphatic rings. The lowest BCUT2D eigenvalue weighted by Gasteiger charge is -2.25. The maximum absolute atomic E-state index is 12.7. The first-order chi connectivity index (χ1) is 13.4. The van der Waals surface area contributed by atoms with Gasteiger partial charge in [-0.25, -0.2) is 4.79 Å². The van der Waals surface area contributed by atoms with Crippen molar-refractivity contribution >= 4 is 54.9 Å². The zero-order valence-electron chi connectivity index (χ0n) is 16.3. The summed E-state index contributed by atoms with van der Waals surface area (Å²) in [5, 5.41) is 16.0. The first-order valence-electron chi connectivity index (χ1n) is 8.82. The molecule has 0 fully saturated rings. The Balaban J connectivity index is 5.39. The van der Waals surface area contributed by atoms with Gasteiger partial charge >= 0.3 is 5.97 Å². The van der Waals surface area contributed by atoms with Gasteiger partial charge in [0.25, 0.3) is 0 Å². The van der Waals surface area contributed by atoms with Crippen LogP contribution in [0.15, 0.2) is 0 Å². The average molecular weight is 452 g/mol. The van der Waals surface area contributed by atoms with Gasteiger partial charge in [0.15, 0.2) is 0 Å². The van der Waals surface area contributed by atoms with Crippen molar-refractivity contribution in [2.45, 2.75) is 50.9 Å². The molecule has 8 N–H and O–H groups in total. The van der Waals surface area contributed by atoms with Crippen LogP contribution < -0.4 is 27.4 Å². The van der Waals surface area contributed by atoms with E-state index in [4.69, 9.17) is 16.6 Å². The summed E-state index contributed by atoms with van der Waals surface area (Å²) in [5.41, 5.74) is 10.7. The number of nitrogens with two attached hydrogens (primary N) is 2. The van der Waals surface area contributed by atoms with Gasteiger partial charge in [-0.3, -0.25) is 19.2 Å². The van der Waals surface area contributed by atoms with Gasteiger partial charge in [0, 0.05) is 11.5 Å². The third-order valence-electron chi connectivity index (χ3n) is 3.71. The fourth-order valence-corrected chi connectivity index (χ4v) is 2.62. The molecule has 0 radical (unpaired) electrons. The summed E-state index contributed by atoms with van der Waals surface area (Å²) >= 11 is 7.77. The molecule has 0 aromatic carbocycles. The fraction of sp³-hybridized carbons (Fsp3) is 0.688. The molecule has 0 bridgehead atoms. The van der Waals surface area contributed by atoms with Crippen LogP contribution >= 0.6 is 25.3 Å². The van der Waals surface area contributed by atoms with Crippen molar-refractivity contribution < 1.29 is 29.1 Å². The van der Waals surface area contributed by atoms with Crippen LogP contribution in [-0.2, 0) is 24.0 Å². The van der Waals surface area contributed by atoms with Crippen LogP contribution in [0.4, 0.5) is 0 Å². The summed E-state index contributed by atoms with van der Waals surface area (Å²) < 4.78 is 0. The Morgan fingerprint density at radius 3 is 1.76 bits per heavy atom. The van der Waals surface area contributed by atoms with Crippen molar-refractivity contribution in [2.75, 3.05) is 11.5 Å². The lowest BCUT2D eigenvalue weighted by atomic mass is 10.0. The molecule has 166 valence electrons. The molecule has 4 atom stereocenters. The monoisotopic (exact) mass is 451 g/mol. The van der Waals surface area contributed by atoms with E-state index in [0.29, 0.717) is 0 Å². The number of rotatable bonds is 13. The lowest BCUT2D eigenvalue weighted by Crippen LogP contribution is -2.58. The lowest BCUT2D eigenvalue weighted by molar-refractivity contribution is -0.141. The van der Waals surface area contributed by atoms with Crippen LogP contribution in [0.1, 0.15) is 26.7 Å². The Morgan fingerprint density at radius 2 is 1.34 bits per heavy atom. The van der Waals surface area contributed by atoms with Crippen molar-refractivity contribution in [3.05, 3.63) is 0 Å². The third kappa shape index (κ3) is 10.4. The number of amides is 4. The van der Waals surface area contributed by atoms with Crippen LogP contribution in [-0.4, -0.2) is 70.4 Å². The molecule has 29 heavy (non-hydrogen) atoms. The molecule has 0 saturated heterocycles. The number of hydrogen-bond acceptors (Lipinski definition) is 8. The summed E-state index contributed by atoms with van der Waals surface area (Å²) in [6.07, 6.45) is -0.328. The number of aliphatic carboxylic acids is 1. The molecule has 0 aromatic rings. The van der Waals surface area contributed by atoms with E-state index in [1.165, 1.54) is 0 Å². The molecule has 13 heteroatoms. The van der Waals surface area contributed by atoms with Crippen molar-refractivity contribution in [3.8, 4) is 0 Å². The Bertz CT molecular complexity index is 619. The predicted molar refractivity (Wildman–Crippen MR) is 112 cm³/mol.